The zero-order valence-electron chi connectivity index (χ0n) is 18.5. The van der Waals surface area contributed by atoms with E-state index in [0.717, 1.165) is 4.90 Å². The van der Waals surface area contributed by atoms with Crippen LogP contribution in [-0.2, 0) is 6.42 Å². The van der Waals surface area contributed by atoms with Gasteiger partial charge in [0.25, 0.3) is 5.56 Å². The quantitative estimate of drug-likeness (QED) is 0.337. The maximum atomic E-state index is 14.8. The summed E-state index contributed by atoms with van der Waals surface area (Å²) in [5, 5.41) is 16.1. The van der Waals surface area contributed by atoms with E-state index >= 15 is 0 Å². The second kappa shape index (κ2) is 8.64. The number of carboxylic acid groups (broad SMARTS) is 1. The third-order valence-corrected chi connectivity index (χ3v) is 5.83. The summed E-state index contributed by atoms with van der Waals surface area (Å²) in [7, 11) is 0. The molecule has 2 heterocycles. The normalized spacial score (nSPS) is 11.3. The number of halogens is 2. The Morgan fingerprint density at radius 3 is 2.69 bits per heavy atom. The Hall–Kier alpha value is -4.60. The summed E-state index contributed by atoms with van der Waals surface area (Å²) in [5.41, 5.74) is 2.44. The Labute approximate surface area is 196 Å². The summed E-state index contributed by atoms with van der Waals surface area (Å²) >= 11 is 0. The number of fused-ring (bicyclic) bond motifs is 2. The summed E-state index contributed by atoms with van der Waals surface area (Å²) < 4.78 is 29.3. The van der Waals surface area contributed by atoms with Gasteiger partial charge in [0, 0.05) is 23.9 Å². The first-order valence-corrected chi connectivity index (χ1v) is 10.8. The molecule has 0 radical (unpaired) electrons. The van der Waals surface area contributed by atoms with Gasteiger partial charge in [-0.25, -0.2) is 28.6 Å². The standard InChI is InChI=1S/C25H19F2N5O3/c1-2-32(25(34)35)24-28-19-9-7-14(12-20(19)29-24)16-10-13(6-8-17(16)26)11-21-22-15(23(33)31-30-21)4-3-5-18(22)27/h3-10,12H,2,11H2,1H3,(H,28,29)(H,31,33)(H,34,35). The predicted molar refractivity (Wildman–Crippen MR) is 128 cm³/mol. The van der Waals surface area contributed by atoms with Gasteiger partial charge in [-0.1, -0.05) is 18.2 Å². The SMILES string of the molecule is CCN(C(=O)O)c1nc2cc(-c3cc(Cc4n[nH]c(=O)c5cccc(F)c45)ccc3F)ccc2[nH]1. The van der Waals surface area contributed by atoms with Crippen LogP contribution >= 0.6 is 0 Å². The average molecular weight is 475 g/mol. The van der Waals surface area contributed by atoms with Gasteiger partial charge in [0.2, 0.25) is 5.95 Å². The number of hydrogen-bond donors (Lipinski definition) is 3. The Bertz CT molecular complexity index is 1660. The first kappa shape index (κ1) is 22.2. The van der Waals surface area contributed by atoms with Crippen LogP contribution in [0.25, 0.3) is 32.9 Å². The van der Waals surface area contributed by atoms with E-state index in [9.17, 15) is 23.5 Å². The van der Waals surface area contributed by atoms with Gasteiger partial charge in [0.1, 0.15) is 11.6 Å². The van der Waals surface area contributed by atoms with E-state index < -0.39 is 23.3 Å². The molecule has 1 amide bonds. The first-order valence-electron chi connectivity index (χ1n) is 10.8. The van der Waals surface area contributed by atoms with Crippen LogP contribution in [-0.4, -0.2) is 37.9 Å². The Kier molecular flexibility index (Phi) is 5.48. The molecule has 0 saturated heterocycles. The van der Waals surface area contributed by atoms with Crippen molar-refractivity contribution in [3.63, 3.8) is 0 Å². The van der Waals surface area contributed by atoms with Crippen LogP contribution in [0, 0.1) is 11.6 Å². The molecule has 3 aromatic carbocycles. The maximum absolute atomic E-state index is 14.8. The molecular formula is C25H19F2N5O3. The van der Waals surface area contributed by atoms with E-state index in [1.165, 1.54) is 24.3 Å². The predicted octanol–water partition coefficient (Wildman–Crippen LogP) is 4.84. The molecule has 0 aliphatic heterocycles. The van der Waals surface area contributed by atoms with Crippen molar-refractivity contribution in [2.75, 3.05) is 11.4 Å². The summed E-state index contributed by atoms with van der Waals surface area (Å²) in [6.07, 6.45) is -0.967. The molecule has 0 bridgehead atoms. The van der Waals surface area contributed by atoms with Crippen LogP contribution in [0.5, 0.6) is 0 Å². The highest BCUT2D eigenvalue weighted by molar-refractivity contribution is 5.89. The van der Waals surface area contributed by atoms with Gasteiger partial charge in [-0.15, -0.1) is 0 Å². The van der Waals surface area contributed by atoms with Gasteiger partial charge in [0.15, 0.2) is 0 Å². The smallest absolute Gasteiger partial charge is 0.414 e. The Morgan fingerprint density at radius 1 is 1.09 bits per heavy atom. The van der Waals surface area contributed by atoms with E-state index in [1.54, 1.807) is 37.3 Å². The number of nitrogens with one attached hydrogen (secondary N) is 2. The van der Waals surface area contributed by atoms with E-state index in [-0.39, 0.29) is 29.7 Å². The van der Waals surface area contributed by atoms with Gasteiger partial charge in [-0.2, -0.15) is 5.10 Å². The number of aromatic amines is 2. The molecule has 2 aromatic heterocycles. The van der Waals surface area contributed by atoms with E-state index in [0.29, 0.717) is 33.4 Å². The van der Waals surface area contributed by atoms with E-state index in [2.05, 4.69) is 20.2 Å². The van der Waals surface area contributed by atoms with Crippen LogP contribution < -0.4 is 10.5 Å². The minimum Gasteiger partial charge on any atom is -0.465 e. The molecule has 0 unspecified atom stereocenters. The molecule has 3 N–H and O–H groups in total. The molecule has 176 valence electrons. The number of H-pyrrole nitrogens is 2. The summed E-state index contributed by atoms with van der Waals surface area (Å²) in [4.78, 5) is 31.8. The molecular weight excluding hydrogens is 456 g/mol. The molecule has 0 saturated carbocycles. The molecule has 0 aliphatic carbocycles. The number of imidazole rings is 1. The lowest BCUT2D eigenvalue weighted by Gasteiger charge is -2.12. The van der Waals surface area contributed by atoms with Crippen LogP contribution in [0.1, 0.15) is 18.2 Å². The fraction of sp³-hybridized carbons (Fsp3) is 0.120. The molecule has 10 heteroatoms. The third-order valence-electron chi connectivity index (χ3n) is 5.83. The summed E-state index contributed by atoms with van der Waals surface area (Å²) in [6.45, 7) is 1.91. The lowest BCUT2D eigenvalue weighted by Crippen LogP contribution is -2.29. The van der Waals surface area contributed by atoms with Crippen molar-refractivity contribution in [2.24, 2.45) is 0 Å². The monoisotopic (exact) mass is 475 g/mol. The molecule has 5 aromatic rings. The number of aromatic nitrogens is 4. The molecule has 8 nitrogen and oxygen atoms in total. The number of rotatable bonds is 5. The van der Waals surface area contributed by atoms with Crippen molar-refractivity contribution in [2.45, 2.75) is 13.3 Å². The maximum Gasteiger partial charge on any atom is 0.414 e. The van der Waals surface area contributed by atoms with Gasteiger partial charge >= 0.3 is 6.09 Å². The Morgan fingerprint density at radius 2 is 1.91 bits per heavy atom. The van der Waals surface area contributed by atoms with E-state index in [1.807, 2.05) is 0 Å². The van der Waals surface area contributed by atoms with Crippen molar-refractivity contribution < 1.29 is 18.7 Å². The average Bonchev–Trinajstić information content (AvgIpc) is 3.25. The molecule has 0 fully saturated rings. The first-order chi connectivity index (χ1) is 16.9. The Balaban J connectivity index is 1.54. The second-order valence-corrected chi connectivity index (χ2v) is 7.97. The minimum absolute atomic E-state index is 0.131. The fourth-order valence-electron chi connectivity index (χ4n) is 4.13. The number of benzene rings is 3. The third kappa shape index (κ3) is 3.99. The second-order valence-electron chi connectivity index (χ2n) is 7.97. The fourth-order valence-corrected chi connectivity index (χ4v) is 4.13. The van der Waals surface area contributed by atoms with Crippen LogP contribution in [0.3, 0.4) is 0 Å². The van der Waals surface area contributed by atoms with Crippen molar-refractivity contribution in [3.8, 4) is 11.1 Å². The molecule has 0 spiro atoms. The lowest BCUT2D eigenvalue weighted by atomic mass is 9.98. The van der Waals surface area contributed by atoms with Crippen molar-refractivity contribution >= 4 is 33.8 Å². The van der Waals surface area contributed by atoms with Gasteiger partial charge in [0.05, 0.1) is 22.1 Å². The topological polar surface area (TPSA) is 115 Å². The number of anilines is 1. The molecule has 0 atom stereocenters. The van der Waals surface area contributed by atoms with Gasteiger partial charge in [-0.3, -0.25) is 4.79 Å². The highest BCUT2D eigenvalue weighted by Crippen LogP contribution is 2.29. The van der Waals surface area contributed by atoms with Crippen LogP contribution in [0.15, 0.2) is 59.4 Å². The van der Waals surface area contributed by atoms with Crippen molar-refractivity contribution in [1.29, 1.82) is 0 Å². The lowest BCUT2D eigenvalue weighted by molar-refractivity contribution is 0.202. The number of hydrogen-bond acceptors (Lipinski definition) is 4. The largest absolute Gasteiger partial charge is 0.465 e. The zero-order valence-corrected chi connectivity index (χ0v) is 18.5. The van der Waals surface area contributed by atoms with Crippen molar-refractivity contribution in [1.82, 2.24) is 20.2 Å². The minimum atomic E-state index is -1.13. The number of nitrogens with zero attached hydrogens (tertiary/aromatic N) is 3. The summed E-state index contributed by atoms with van der Waals surface area (Å²) in [6, 6.07) is 13.9. The highest BCUT2D eigenvalue weighted by Gasteiger charge is 2.17. The highest BCUT2D eigenvalue weighted by atomic mass is 19.1. The molecule has 5 rings (SSSR count). The van der Waals surface area contributed by atoms with Crippen LogP contribution in [0.2, 0.25) is 0 Å². The summed E-state index contributed by atoms with van der Waals surface area (Å²) in [5.74, 6) is -0.838. The number of amides is 1. The number of carbonyl (C=O) groups is 1. The zero-order chi connectivity index (χ0) is 24.7. The molecule has 35 heavy (non-hydrogen) atoms. The van der Waals surface area contributed by atoms with E-state index in [4.69, 9.17) is 0 Å². The van der Waals surface area contributed by atoms with Crippen LogP contribution in [0.4, 0.5) is 19.5 Å². The van der Waals surface area contributed by atoms with Gasteiger partial charge in [-0.05, 0) is 54.4 Å². The molecule has 0 aliphatic rings. The van der Waals surface area contributed by atoms with Crippen molar-refractivity contribution in [3.05, 3.63) is 87.8 Å². The van der Waals surface area contributed by atoms with Gasteiger partial charge < -0.3 is 10.1 Å².